The molecule has 3 aromatic rings. The molecule has 1 aromatic heterocycles. The second-order valence-electron chi connectivity index (χ2n) is 7.49. The lowest BCUT2D eigenvalue weighted by molar-refractivity contribution is 0.100. The van der Waals surface area contributed by atoms with Crippen molar-refractivity contribution in [2.45, 2.75) is 4.90 Å². The van der Waals surface area contributed by atoms with Crippen molar-refractivity contribution in [2.24, 2.45) is 5.73 Å². The number of ether oxygens (including phenoxy) is 1. The lowest BCUT2D eigenvalue weighted by Crippen LogP contribution is -2.36. The molecule has 0 spiro atoms. The minimum atomic E-state index is -3.37. The van der Waals surface area contributed by atoms with E-state index in [4.69, 9.17) is 10.5 Å². The molecule has 33 heavy (non-hydrogen) atoms. The third kappa shape index (κ3) is 5.21. The normalized spacial score (nSPS) is 14.2. The van der Waals surface area contributed by atoms with Crippen LogP contribution in [0.5, 0.6) is 0 Å². The molecule has 0 aliphatic carbocycles. The van der Waals surface area contributed by atoms with E-state index in [-0.39, 0.29) is 16.2 Å². The Balaban J connectivity index is 1.59. The number of rotatable bonds is 6. The zero-order valence-corrected chi connectivity index (χ0v) is 19.4. The summed E-state index contributed by atoms with van der Waals surface area (Å²) in [4.78, 5) is 31.4. The van der Waals surface area contributed by atoms with Crippen molar-refractivity contribution in [3.05, 3.63) is 59.1 Å². The Bertz CT molecular complexity index is 1310. The second-order valence-corrected chi connectivity index (χ2v) is 10.4. The number of sulfone groups is 1. The summed E-state index contributed by atoms with van der Waals surface area (Å²) in [5, 5.41) is 4.82. The summed E-state index contributed by atoms with van der Waals surface area (Å²) < 4.78 is 29.0. The van der Waals surface area contributed by atoms with Gasteiger partial charge in [0.1, 0.15) is 10.7 Å². The van der Waals surface area contributed by atoms with Crippen molar-refractivity contribution in [1.82, 2.24) is 4.98 Å². The van der Waals surface area contributed by atoms with E-state index in [1.165, 1.54) is 23.5 Å². The van der Waals surface area contributed by atoms with Gasteiger partial charge in [-0.1, -0.05) is 12.1 Å². The van der Waals surface area contributed by atoms with E-state index in [1.807, 2.05) is 0 Å². The zero-order valence-electron chi connectivity index (χ0n) is 17.8. The molecule has 0 atom stereocenters. The number of hydrogen-bond donors (Lipinski definition) is 2. The number of amides is 2. The molecule has 1 fully saturated rings. The Kier molecular flexibility index (Phi) is 6.45. The maximum Gasteiger partial charge on any atom is 0.275 e. The Hall–Kier alpha value is -3.28. The molecular formula is C22H22N4O5S2. The van der Waals surface area contributed by atoms with E-state index >= 15 is 0 Å². The lowest BCUT2D eigenvalue weighted by Gasteiger charge is -2.29. The van der Waals surface area contributed by atoms with Crippen molar-refractivity contribution in [1.29, 1.82) is 0 Å². The quantitative estimate of drug-likeness (QED) is 0.547. The fourth-order valence-corrected chi connectivity index (χ4v) is 4.89. The van der Waals surface area contributed by atoms with Crippen LogP contribution >= 0.6 is 11.3 Å². The van der Waals surface area contributed by atoms with Crippen LogP contribution < -0.4 is 16.0 Å². The van der Waals surface area contributed by atoms with Crippen molar-refractivity contribution in [3.8, 4) is 10.6 Å². The zero-order chi connectivity index (χ0) is 23.6. The van der Waals surface area contributed by atoms with Crippen LogP contribution in [0.25, 0.3) is 10.6 Å². The molecule has 2 aromatic carbocycles. The molecule has 2 heterocycles. The van der Waals surface area contributed by atoms with Crippen LogP contribution in [-0.4, -0.2) is 57.8 Å². The summed E-state index contributed by atoms with van der Waals surface area (Å²) in [6, 6.07) is 11.5. The summed E-state index contributed by atoms with van der Waals surface area (Å²) in [5.74, 6) is -1.16. The molecule has 1 aliphatic rings. The number of morpholine rings is 1. The van der Waals surface area contributed by atoms with E-state index in [0.29, 0.717) is 42.6 Å². The van der Waals surface area contributed by atoms with E-state index in [2.05, 4.69) is 15.2 Å². The molecule has 1 saturated heterocycles. The van der Waals surface area contributed by atoms with Gasteiger partial charge in [0.05, 0.1) is 29.4 Å². The number of carbonyl (C=O) groups is 2. The van der Waals surface area contributed by atoms with Crippen LogP contribution in [-0.2, 0) is 14.6 Å². The standard InChI is InChI=1S/C22H22N4O5S2/c1-33(29,30)16-4-2-3-14(11-16)22-25-19(13-32-22)21(28)24-18-12-15(5-6-17(18)20(23)27)26-7-9-31-10-8-26/h2-6,11-13H,7-10H2,1H3,(H2,23,27)(H,24,28). The van der Waals surface area contributed by atoms with Crippen molar-refractivity contribution in [2.75, 3.05) is 42.8 Å². The highest BCUT2D eigenvalue weighted by Gasteiger charge is 2.19. The first-order valence-corrected chi connectivity index (χ1v) is 12.8. The Morgan fingerprint density at radius 1 is 1.15 bits per heavy atom. The SMILES string of the molecule is CS(=O)(=O)c1cccc(-c2nc(C(=O)Nc3cc(N4CCOCC4)ccc3C(N)=O)cs2)c1. The number of thiazole rings is 1. The fourth-order valence-electron chi connectivity index (χ4n) is 3.43. The van der Waals surface area contributed by atoms with Gasteiger partial charge in [0.2, 0.25) is 0 Å². The molecule has 11 heteroatoms. The van der Waals surface area contributed by atoms with Gasteiger partial charge in [-0.15, -0.1) is 11.3 Å². The molecule has 1 aliphatic heterocycles. The number of aromatic nitrogens is 1. The van der Waals surface area contributed by atoms with Gasteiger partial charge in [0, 0.05) is 36.0 Å². The smallest absolute Gasteiger partial charge is 0.275 e. The van der Waals surface area contributed by atoms with Crippen LogP contribution in [0.15, 0.2) is 52.7 Å². The first-order chi connectivity index (χ1) is 15.7. The second kappa shape index (κ2) is 9.30. The van der Waals surface area contributed by atoms with Gasteiger partial charge < -0.3 is 20.7 Å². The van der Waals surface area contributed by atoms with Crippen LogP contribution in [0, 0.1) is 0 Å². The highest BCUT2D eigenvalue weighted by Crippen LogP contribution is 2.28. The summed E-state index contributed by atoms with van der Waals surface area (Å²) in [6.07, 6.45) is 1.13. The van der Waals surface area contributed by atoms with Gasteiger partial charge in [-0.05, 0) is 30.3 Å². The maximum absolute atomic E-state index is 12.9. The van der Waals surface area contributed by atoms with Crippen LogP contribution in [0.4, 0.5) is 11.4 Å². The van der Waals surface area contributed by atoms with Gasteiger partial charge in [-0.2, -0.15) is 0 Å². The average molecular weight is 487 g/mol. The highest BCUT2D eigenvalue weighted by molar-refractivity contribution is 7.90. The molecule has 9 nitrogen and oxygen atoms in total. The maximum atomic E-state index is 12.9. The third-order valence-corrected chi connectivity index (χ3v) is 7.14. The number of nitrogens with zero attached hydrogens (tertiary/aromatic N) is 2. The Morgan fingerprint density at radius 3 is 2.61 bits per heavy atom. The molecule has 0 saturated carbocycles. The molecule has 4 rings (SSSR count). The highest BCUT2D eigenvalue weighted by atomic mass is 32.2. The number of nitrogens with one attached hydrogen (secondary N) is 1. The first-order valence-electron chi connectivity index (χ1n) is 10.1. The summed E-state index contributed by atoms with van der Waals surface area (Å²) in [6.45, 7) is 2.60. The Labute approximate surface area is 195 Å². The van der Waals surface area contributed by atoms with Gasteiger partial charge in [-0.3, -0.25) is 9.59 Å². The first kappa shape index (κ1) is 22.9. The predicted molar refractivity (Wildman–Crippen MR) is 127 cm³/mol. The number of benzene rings is 2. The number of anilines is 2. The van der Waals surface area contributed by atoms with Crippen molar-refractivity contribution >= 4 is 44.4 Å². The lowest BCUT2D eigenvalue weighted by atomic mass is 10.1. The van der Waals surface area contributed by atoms with Crippen molar-refractivity contribution < 1.29 is 22.7 Å². The van der Waals surface area contributed by atoms with E-state index in [9.17, 15) is 18.0 Å². The minimum absolute atomic E-state index is 0.145. The number of nitrogens with two attached hydrogens (primary N) is 1. The van der Waals surface area contributed by atoms with Gasteiger partial charge in [0.25, 0.3) is 11.8 Å². The van der Waals surface area contributed by atoms with Crippen LogP contribution in [0.2, 0.25) is 0 Å². The molecule has 3 N–H and O–H groups in total. The molecule has 2 amide bonds. The summed E-state index contributed by atoms with van der Waals surface area (Å²) in [7, 11) is -3.37. The van der Waals surface area contributed by atoms with Gasteiger partial charge in [-0.25, -0.2) is 13.4 Å². The van der Waals surface area contributed by atoms with Crippen molar-refractivity contribution in [3.63, 3.8) is 0 Å². The molecule has 0 unspecified atom stereocenters. The molecule has 172 valence electrons. The summed E-state index contributed by atoms with van der Waals surface area (Å²) >= 11 is 1.22. The monoisotopic (exact) mass is 486 g/mol. The average Bonchev–Trinajstić information content (AvgIpc) is 3.30. The minimum Gasteiger partial charge on any atom is -0.378 e. The van der Waals surface area contributed by atoms with E-state index < -0.39 is 21.7 Å². The summed E-state index contributed by atoms with van der Waals surface area (Å²) in [5.41, 5.74) is 7.57. The topological polar surface area (TPSA) is 132 Å². The van der Waals surface area contributed by atoms with E-state index in [0.717, 1.165) is 11.9 Å². The van der Waals surface area contributed by atoms with Crippen LogP contribution in [0.1, 0.15) is 20.8 Å². The number of carbonyl (C=O) groups excluding carboxylic acids is 2. The molecular weight excluding hydrogens is 464 g/mol. The van der Waals surface area contributed by atoms with E-state index in [1.54, 1.807) is 35.7 Å². The number of hydrogen-bond acceptors (Lipinski definition) is 8. The van der Waals surface area contributed by atoms with Gasteiger partial charge >= 0.3 is 0 Å². The third-order valence-electron chi connectivity index (χ3n) is 5.14. The predicted octanol–water partition coefficient (Wildman–Crippen LogP) is 2.40. The number of primary amides is 1. The fraction of sp³-hybridized carbons (Fsp3) is 0.227. The molecule has 0 bridgehead atoms. The Morgan fingerprint density at radius 2 is 1.91 bits per heavy atom. The van der Waals surface area contributed by atoms with Gasteiger partial charge in [0.15, 0.2) is 9.84 Å². The molecule has 0 radical (unpaired) electrons. The van der Waals surface area contributed by atoms with Crippen LogP contribution in [0.3, 0.4) is 0 Å². The largest absolute Gasteiger partial charge is 0.378 e.